The Labute approximate surface area is 134 Å². The van der Waals surface area contributed by atoms with E-state index in [2.05, 4.69) is 10.6 Å². The molecule has 0 radical (unpaired) electrons. The van der Waals surface area contributed by atoms with E-state index in [9.17, 15) is 9.90 Å². The number of benzene rings is 2. The molecule has 2 aromatic rings. The van der Waals surface area contributed by atoms with Gasteiger partial charge in [0.2, 0.25) is 0 Å². The summed E-state index contributed by atoms with van der Waals surface area (Å²) in [4.78, 5) is 12.0. The minimum absolute atomic E-state index is 0.0585. The molecule has 0 atom stereocenters. The lowest BCUT2D eigenvalue weighted by Crippen LogP contribution is -2.24. The van der Waals surface area contributed by atoms with Crippen molar-refractivity contribution in [3.8, 4) is 11.8 Å². The summed E-state index contributed by atoms with van der Waals surface area (Å²) >= 11 is 0. The van der Waals surface area contributed by atoms with E-state index in [1.54, 1.807) is 12.1 Å². The van der Waals surface area contributed by atoms with Crippen LogP contribution in [0.2, 0.25) is 0 Å². The van der Waals surface area contributed by atoms with E-state index in [0.717, 1.165) is 11.1 Å². The van der Waals surface area contributed by atoms with Crippen LogP contribution in [0, 0.1) is 18.3 Å². The highest BCUT2D eigenvalue weighted by Crippen LogP contribution is 2.23. The molecular weight excluding hydrogens is 290 g/mol. The third-order valence-corrected chi connectivity index (χ3v) is 3.19. The largest absolute Gasteiger partial charge is 0.506 e. The Kier molecular flexibility index (Phi) is 5.37. The highest BCUT2D eigenvalue weighted by Gasteiger charge is 2.09. The number of hydrogen-bond donors (Lipinski definition) is 3. The van der Waals surface area contributed by atoms with Crippen molar-refractivity contribution in [1.29, 1.82) is 5.26 Å². The molecule has 0 spiro atoms. The SMILES string of the molecule is Cc1ccc(N/C=C(/C#N)C(=O)NCc2ccccc2)c(O)c1. The highest BCUT2D eigenvalue weighted by molar-refractivity contribution is 5.97. The molecule has 0 aliphatic carbocycles. The van der Waals surface area contributed by atoms with Crippen LogP contribution in [0.15, 0.2) is 60.3 Å². The summed E-state index contributed by atoms with van der Waals surface area (Å²) in [5, 5.41) is 24.3. The monoisotopic (exact) mass is 307 g/mol. The first-order valence-electron chi connectivity index (χ1n) is 7.08. The lowest BCUT2D eigenvalue weighted by atomic mass is 10.2. The number of nitrogens with zero attached hydrogens (tertiary/aromatic N) is 1. The maximum Gasteiger partial charge on any atom is 0.263 e. The van der Waals surface area contributed by atoms with Gasteiger partial charge in [0.15, 0.2) is 0 Å². The fourth-order valence-electron chi connectivity index (χ4n) is 1.94. The second-order valence-electron chi connectivity index (χ2n) is 5.00. The molecule has 0 saturated heterocycles. The van der Waals surface area contributed by atoms with E-state index in [1.807, 2.05) is 49.4 Å². The number of nitrogens with one attached hydrogen (secondary N) is 2. The van der Waals surface area contributed by atoms with Gasteiger partial charge in [-0.25, -0.2) is 0 Å². The second kappa shape index (κ2) is 7.66. The minimum Gasteiger partial charge on any atom is -0.506 e. The number of hydrogen-bond acceptors (Lipinski definition) is 4. The lowest BCUT2D eigenvalue weighted by Gasteiger charge is -2.07. The van der Waals surface area contributed by atoms with Crippen LogP contribution in [0.5, 0.6) is 5.75 Å². The zero-order chi connectivity index (χ0) is 16.7. The van der Waals surface area contributed by atoms with E-state index < -0.39 is 5.91 Å². The van der Waals surface area contributed by atoms with Crippen molar-refractivity contribution in [2.75, 3.05) is 5.32 Å². The average molecular weight is 307 g/mol. The summed E-state index contributed by atoms with van der Waals surface area (Å²) in [6.45, 7) is 2.20. The van der Waals surface area contributed by atoms with Crippen molar-refractivity contribution < 1.29 is 9.90 Å². The lowest BCUT2D eigenvalue weighted by molar-refractivity contribution is -0.117. The maximum absolute atomic E-state index is 12.0. The third-order valence-electron chi connectivity index (χ3n) is 3.19. The van der Waals surface area contributed by atoms with Crippen molar-refractivity contribution in [3.63, 3.8) is 0 Å². The fourth-order valence-corrected chi connectivity index (χ4v) is 1.94. The summed E-state index contributed by atoms with van der Waals surface area (Å²) in [5.41, 5.74) is 2.22. The Morgan fingerprint density at radius 1 is 1.26 bits per heavy atom. The van der Waals surface area contributed by atoms with Crippen molar-refractivity contribution in [2.45, 2.75) is 13.5 Å². The number of rotatable bonds is 5. The number of aryl methyl sites for hydroxylation is 1. The predicted octanol–water partition coefficient (Wildman–Crippen LogP) is 2.84. The van der Waals surface area contributed by atoms with Gasteiger partial charge in [0.05, 0.1) is 5.69 Å². The third kappa shape index (κ3) is 4.61. The topological polar surface area (TPSA) is 85.2 Å². The average Bonchev–Trinajstić information content (AvgIpc) is 2.56. The Morgan fingerprint density at radius 3 is 2.65 bits per heavy atom. The molecule has 0 bridgehead atoms. The van der Waals surface area contributed by atoms with Crippen LogP contribution in [0.3, 0.4) is 0 Å². The first kappa shape index (κ1) is 16.1. The van der Waals surface area contributed by atoms with Crippen molar-refractivity contribution >= 4 is 11.6 Å². The Bertz CT molecular complexity index is 762. The summed E-state index contributed by atoms with van der Waals surface area (Å²) < 4.78 is 0. The zero-order valence-electron chi connectivity index (χ0n) is 12.7. The Hall–Kier alpha value is -3.26. The highest BCUT2D eigenvalue weighted by atomic mass is 16.3. The van der Waals surface area contributed by atoms with Gasteiger partial charge in [-0.1, -0.05) is 36.4 Å². The van der Waals surface area contributed by atoms with Crippen LogP contribution < -0.4 is 10.6 Å². The summed E-state index contributed by atoms with van der Waals surface area (Å²) in [6, 6.07) is 16.4. The number of amides is 1. The molecule has 0 unspecified atom stereocenters. The smallest absolute Gasteiger partial charge is 0.263 e. The molecule has 23 heavy (non-hydrogen) atoms. The van der Waals surface area contributed by atoms with Crippen LogP contribution in [0.1, 0.15) is 11.1 Å². The molecule has 2 aromatic carbocycles. The van der Waals surface area contributed by atoms with E-state index in [-0.39, 0.29) is 11.3 Å². The van der Waals surface area contributed by atoms with Crippen LogP contribution in [-0.2, 0) is 11.3 Å². The standard InChI is InChI=1S/C18H17N3O2/c1-13-7-8-16(17(22)9-13)20-12-15(10-19)18(23)21-11-14-5-3-2-4-6-14/h2-9,12,20,22H,11H2,1H3,(H,21,23)/b15-12-. The molecule has 0 aliphatic heterocycles. The molecule has 0 saturated carbocycles. The zero-order valence-corrected chi connectivity index (χ0v) is 12.7. The number of aromatic hydroxyl groups is 1. The molecule has 5 nitrogen and oxygen atoms in total. The van der Waals surface area contributed by atoms with Crippen LogP contribution in [0.25, 0.3) is 0 Å². The van der Waals surface area contributed by atoms with Gasteiger partial charge >= 0.3 is 0 Å². The van der Waals surface area contributed by atoms with E-state index in [0.29, 0.717) is 12.2 Å². The normalized spacial score (nSPS) is 10.7. The van der Waals surface area contributed by atoms with Crippen molar-refractivity contribution in [3.05, 3.63) is 71.4 Å². The molecule has 0 aliphatic rings. The number of nitriles is 1. The van der Waals surface area contributed by atoms with Crippen LogP contribution in [0.4, 0.5) is 5.69 Å². The second-order valence-corrected chi connectivity index (χ2v) is 5.00. The number of carbonyl (C=O) groups is 1. The quantitative estimate of drug-likeness (QED) is 0.450. The van der Waals surface area contributed by atoms with Gasteiger partial charge in [0.25, 0.3) is 5.91 Å². The van der Waals surface area contributed by atoms with E-state index >= 15 is 0 Å². The van der Waals surface area contributed by atoms with Gasteiger partial charge in [-0.3, -0.25) is 4.79 Å². The molecule has 0 heterocycles. The van der Waals surface area contributed by atoms with Gasteiger partial charge in [0.1, 0.15) is 17.4 Å². The fraction of sp³-hybridized carbons (Fsp3) is 0.111. The molecule has 1 amide bonds. The van der Waals surface area contributed by atoms with Gasteiger partial charge < -0.3 is 15.7 Å². The Morgan fingerprint density at radius 2 is 2.00 bits per heavy atom. The molecule has 116 valence electrons. The molecular formula is C18H17N3O2. The van der Waals surface area contributed by atoms with Gasteiger partial charge in [-0.15, -0.1) is 0 Å². The first-order chi connectivity index (χ1) is 11.1. The van der Waals surface area contributed by atoms with Crippen molar-refractivity contribution in [1.82, 2.24) is 5.32 Å². The first-order valence-corrected chi connectivity index (χ1v) is 7.08. The summed E-state index contributed by atoms with van der Waals surface area (Å²) in [5.74, 6) is -0.418. The van der Waals surface area contributed by atoms with Gasteiger partial charge in [-0.2, -0.15) is 5.26 Å². The molecule has 0 aromatic heterocycles. The number of anilines is 1. The summed E-state index contributed by atoms with van der Waals surface area (Å²) in [6.07, 6.45) is 1.28. The number of carbonyl (C=O) groups excluding carboxylic acids is 1. The van der Waals surface area contributed by atoms with Gasteiger partial charge in [-0.05, 0) is 30.2 Å². The molecule has 0 fully saturated rings. The molecule has 3 N–H and O–H groups in total. The summed E-state index contributed by atoms with van der Waals surface area (Å²) in [7, 11) is 0. The van der Waals surface area contributed by atoms with Gasteiger partial charge in [0, 0.05) is 12.7 Å². The van der Waals surface area contributed by atoms with Crippen LogP contribution >= 0.6 is 0 Å². The maximum atomic E-state index is 12.0. The molecule has 2 rings (SSSR count). The Balaban J connectivity index is 2.00. The van der Waals surface area contributed by atoms with E-state index in [4.69, 9.17) is 5.26 Å². The predicted molar refractivity (Wildman–Crippen MR) is 88.5 cm³/mol. The number of phenolic OH excluding ortho intramolecular Hbond substituents is 1. The van der Waals surface area contributed by atoms with E-state index in [1.165, 1.54) is 6.20 Å². The molecule has 5 heteroatoms. The minimum atomic E-state index is -0.476. The van der Waals surface area contributed by atoms with Crippen LogP contribution in [-0.4, -0.2) is 11.0 Å². The van der Waals surface area contributed by atoms with Crippen molar-refractivity contribution in [2.24, 2.45) is 0 Å². The number of phenols is 1.